The van der Waals surface area contributed by atoms with E-state index in [4.69, 9.17) is 5.11 Å². The lowest BCUT2D eigenvalue weighted by Gasteiger charge is -2.25. The second-order valence-corrected chi connectivity index (χ2v) is 3.58. The minimum atomic E-state index is -4.61. The van der Waals surface area contributed by atoms with Crippen LogP contribution in [-0.2, 0) is 4.79 Å². The highest BCUT2D eigenvalue weighted by molar-refractivity contribution is 5.78. The van der Waals surface area contributed by atoms with Crippen LogP contribution in [0.2, 0.25) is 0 Å². The number of hydrogen-bond donors (Lipinski definition) is 1. The number of hydrogen-bond acceptors (Lipinski definition) is 2. The van der Waals surface area contributed by atoms with Crippen molar-refractivity contribution in [2.45, 2.75) is 38.0 Å². The first-order chi connectivity index (χ1) is 5.76. The number of aliphatic hydroxyl groups is 1. The van der Waals surface area contributed by atoms with Crippen LogP contribution in [0.1, 0.15) is 26.2 Å². The molecule has 0 aromatic rings. The Labute approximate surface area is 73.7 Å². The molecule has 1 fully saturated rings. The molecule has 5 heteroatoms. The fraction of sp³-hybridized carbons (Fsp3) is 0.875. The molecule has 0 saturated heterocycles. The lowest BCUT2D eigenvalue weighted by Crippen LogP contribution is -2.42. The fourth-order valence-corrected chi connectivity index (χ4v) is 1.63. The number of Topliss-reactive ketones (excluding diaryl/α,β-unsaturated/α-hetero) is 1. The maximum absolute atomic E-state index is 12.2. The van der Waals surface area contributed by atoms with E-state index in [0.717, 1.165) is 0 Å². The van der Waals surface area contributed by atoms with Crippen molar-refractivity contribution in [3.63, 3.8) is 0 Å². The lowest BCUT2D eigenvalue weighted by atomic mass is 9.98. The van der Waals surface area contributed by atoms with Crippen molar-refractivity contribution in [2.75, 3.05) is 0 Å². The molecule has 0 spiro atoms. The largest absolute Gasteiger partial charge is 0.417 e. The smallest absolute Gasteiger partial charge is 0.380 e. The molecule has 1 aliphatic rings. The summed E-state index contributed by atoms with van der Waals surface area (Å²) >= 11 is 0. The van der Waals surface area contributed by atoms with Gasteiger partial charge in [-0.15, -0.1) is 0 Å². The fourth-order valence-electron chi connectivity index (χ4n) is 1.63. The molecule has 13 heavy (non-hydrogen) atoms. The highest BCUT2D eigenvalue weighted by Gasteiger charge is 2.57. The van der Waals surface area contributed by atoms with E-state index in [1.54, 1.807) is 0 Å². The maximum atomic E-state index is 12.2. The van der Waals surface area contributed by atoms with E-state index in [2.05, 4.69) is 0 Å². The minimum Gasteiger partial charge on any atom is -0.380 e. The zero-order valence-corrected chi connectivity index (χ0v) is 7.19. The molecule has 0 radical (unpaired) electrons. The standard InChI is InChI=1S/C8H11F3O2/c1-5(12)6-2-3-7(13,4-6)8(9,10)11/h6,13H,2-4H2,1H3. The first-order valence-corrected chi connectivity index (χ1v) is 4.06. The molecule has 1 rings (SSSR count). The van der Waals surface area contributed by atoms with Crippen LogP contribution in [0.5, 0.6) is 0 Å². The Morgan fingerprint density at radius 3 is 2.31 bits per heavy atom. The summed E-state index contributed by atoms with van der Waals surface area (Å²) in [5, 5.41) is 9.17. The topological polar surface area (TPSA) is 37.3 Å². The van der Waals surface area contributed by atoms with E-state index >= 15 is 0 Å². The highest BCUT2D eigenvalue weighted by Crippen LogP contribution is 2.45. The second kappa shape index (κ2) is 2.97. The Bertz CT molecular complexity index is 224. The number of halogens is 3. The van der Waals surface area contributed by atoms with Gasteiger partial charge in [-0.25, -0.2) is 0 Å². The Morgan fingerprint density at radius 1 is 1.54 bits per heavy atom. The van der Waals surface area contributed by atoms with Crippen molar-refractivity contribution in [3.05, 3.63) is 0 Å². The van der Waals surface area contributed by atoms with Crippen LogP contribution < -0.4 is 0 Å². The van der Waals surface area contributed by atoms with Gasteiger partial charge >= 0.3 is 6.18 Å². The van der Waals surface area contributed by atoms with Gasteiger partial charge in [0.15, 0.2) is 5.60 Å². The molecule has 1 saturated carbocycles. The summed E-state index contributed by atoms with van der Waals surface area (Å²) in [6, 6.07) is 0. The SMILES string of the molecule is CC(=O)C1CCC(O)(C(F)(F)F)C1. The number of carbonyl (C=O) groups excluding carboxylic acids is 1. The van der Waals surface area contributed by atoms with Gasteiger partial charge in [0, 0.05) is 5.92 Å². The van der Waals surface area contributed by atoms with E-state index in [-0.39, 0.29) is 18.6 Å². The monoisotopic (exact) mass is 196 g/mol. The molecule has 0 amide bonds. The molecule has 2 atom stereocenters. The third-order valence-electron chi connectivity index (χ3n) is 2.59. The second-order valence-electron chi connectivity index (χ2n) is 3.58. The summed E-state index contributed by atoms with van der Waals surface area (Å²) in [5.74, 6) is -0.910. The van der Waals surface area contributed by atoms with Crippen molar-refractivity contribution in [1.29, 1.82) is 0 Å². The van der Waals surface area contributed by atoms with Gasteiger partial charge < -0.3 is 5.11 Å². The molecule has 2 unspecified atom stereocenters. The van der Waals surface area contributed by atoms with Gasteiger partial charge in [-0.1, -0.05) is 0 Å². The van der Waals surface area contributed by atoms with E-state index < -0.39 is 24.1 Å². The molecule has 76 valence electrons. The predicted molar refractivity (Wildman–Crippen MR) is 39.0 cm³/mol. The quantitative estimate of drug-likeness (QED) is 0.692. The van der Waals surface area contributed by atoms with Crippen LogP contribution in [0.4, 0.5) is 13.2 Å². The van der Waals surface area contributed by atoms with Crippen LogP contribution in [0.3, 0.4) is 0 Å². The zero-order valence-electron chi connectivity index (χ0n) is 7.19. The third kappa shape index (κ3) is 1.85. The van der Waals surface area contributed by atoms with Crippen LogP contribution >= 0.6 is 0 Å². The molecule has 0 aromatic heterocycles. The molecule has 0 aliphatic heterocycles. The maximum Gasteiger partial charge on any atom is 0.417 e. The first kappa shape index (κ1) is 10.5. The summed E-state index contributed by atoms with van der Waals surface area (Å²) in [6.07, 6.45) is -5.32. The van der Waals surface area contributed by atoms with Crippen LogP contribution in [0, 0.1) is 5.92 Å². The van der Waals surface area contributed by atoms with E-state index in [0.29, 0.717) is 0 Å². The molecule has 1 aliphatic carbocycles. The highest BCUT2D eigenvalue weighted by atomic mass is 19.4. The van der Waals surface area contributed by atoms with Gasteiger partial charge in [0.05, 0.1) is 0 Å². The van der Waals surface area contributed by atoms with E-state index in [1.165, 1.54) is 6.92 Å². The molecular weight excluding hydrogens is 185 g/mol. The van der Waals surface area contributed by atoms with E-state index in [9.17, 15) is 18.0 Å². The molecule has 0 bridgehead atoms. The van der Waals surface area contributed by atoms with Crippen molar-refractivity contribution < 1.29 is 23.1 Å². The summed E-state index contributed by atoms with van der Waals surface area (Å²) in [6.45, 7) is 1.26. The van der Waals surface area contributed by atoms with Gasteiger partial charge in [0.25, 0.3) is 0 Å². The Balaban J connectivity index is 2.72. The number of carbonyl (C=O) groups is 1. The van der Waals surface area contributed by atoms with Crippen molar-refractivity contribution >= 4 is 5.78 Å². The Hall–Kier alpha value is -0.580. The molecule has 0 heterocycles. The van der Waals surface area contributed by atoms with Crippen molar-refractivity contribution in [1.82, 2.24) is 0 Å². The predicted octanol–water partition coefficient (Wildman–Crippen LogP) is 1.67. The van der Waals surface area contributed by atoms with Gasteiger partial charge in [0.2, 0.25) is 0 Å². The summed E-state index contributed by atoms with van der Waals surface area (Å²) < 4.78 is 36.7. The summed E-state index contributed by atoms with van der Waals surface area (Å²) in [5.41, 5.74) is -2.64. The molecular formula is C8H11F3O2. The summed E-state index contributed by atoms with van der Waals surface area (Å²) in [7, 11) is 0. The van der Waals surface area contributed by atoms with Crippen LogP contribution in [0.15, 0.2) is 0 Å². The van der Waals surface area contributed by atoms with Crippen LogP contribution in [0.25, 0.3) is 0 Å². The zero-order chi connectivity index (χ0) is 10.3. The number of rotatable bonds is 1. The normalized spacial score (nSPS) is 35.0. The minimum absolute atomic E-state index is 0.130. The van der Waals surface area contributed by atoms with Gasteiger partial charge in [-0.05, 0) is 26.2 Å². The van der Waals surface area contributed by atoms with Crippen LogP contribution in [-0.4, -0.2) is 22.7 Å². The molecule has 0 aromatic carbocycles. The average molecular weight is 196 g/mol. The lowest BCUT2D eigenvalue weighted by molar-refractivity contribution is -0.257. The van der Waals surface area contributed by atoms with Crippen molar-refractivity contribution in [3.8, 4) is 0 Å². The Kier molecular flexibility index (Phi) is 2.40. The number of alkyl halides is 3. The van der Waals surface area contributed by atoms with Gasteiger partial charge in [-0.2, -0.15) is 13.2 Å². The average Bonchev–Trinajstić information content (AvgIpc) is 2.31. The summed E-state index contributed by atoms with van der Waals surface area (Å²) in [4.78, 5) is 10.8. The Morgan fingerprint density at radius 2 is 2.08 bits per heavy atom. The van der Waals surface area contributed by atoms with Gasteiger partial charge in [0.1, 0.15) is 5.78 Å². The first-order valence-electron chi connectivity index (χ1n) is 4.06. The van der Waals surface area contributed by atoms with Gasteiger partial charge in [-0.3, -0.25) is 4.79 Å². The van der Waals surface area contributed by atoms with Crippen molar-refractivity contribution in [2.24, 2.45) is 5.92 Å². The molecule has 1 N–H and O–H groups in total. The molecule has 2 nitrogen and oxygen atoms in total. The number of ketones is 1. The third-order valence-corrected chi connectivity index (χ3v) is 2.59. The van der Waals surface area contributed by atoms with E-state index in [1.807, 2.05) is 0 Å².